The first kappa shape index (κ1) is 12.3. The Kier molecular flexibility index (Phi) is 3.10. The van der Waals surface area contributed by atoms with Gasteiger partial charge >= 0.3 is 0 Å². The number of anilines is 2. The summed E-state index contributed by atoms with van der Waals surface area (Å²) >= 11 is 11.9. The van der Waals surface area contributed by atoms with Crippen LogP contribution in [0.15, 0.2) is 6.07 Å². The molecule has 1 aromatic carbocycles. The third kappa shape index (κ3) is 2.03. The van der Waals surface area contributed by atoms with Crippen LogP contribution in [0.25, 0.3) is 0 Å². The van der Waals surface area contributed by atoms with Gasteiger partial charge in [0.15, 0.2) is 11.9 Å². The van der Waals surface area contributed by atoms with Gasteiger partial charge in [0.05, 0.1) is 15.7 Å². The molecule has 1 aromatic rings. The van der Waals surface area contributed by atoms with Gasteiger partial charge in [0.2, 0.25) is 0 Å². The van der Waals surface area contributed by atoms with Crippen molar-refractivity contribution in [3.8, 4) is 5.75 Å². The Morgan fingerprint density at radius 2 is 2.06 bits per heavy atom. The van der Waals surface area contributed by atoms with E-state index >= 15 is 0 Å². The molecule has 1 aliphatic heterocycles. The lowest BCUT2D eigenvalue weighted by Crippen LogP contribution is -2.41. The normalized spacial score (nSPS) is 18.6. The Labute approximate surface area is 109 Å². The number of nitrogens with one attached hydrogen (secondary N) is 1. The molecule has 2 rings (SSSR count). The molecule has 6 heteroatoms. The van der Waals surface area contributed by atoms with Gasteiger partial charge in [-0.3, -0.25) is 4.79 Å². The van der Waals surface area contributed by atoms with E-state index < -0.39 is 6.10 Å². The number of fused-ring (bicyclic) bond motifs is 1. The molecule has 92 valence electrons. The highest BCUT2D eigenvalue weighted by atomic mass is 35.5. The average molecular weight is 275 g/mol. The largest absolute Gasteiger partial charge is 0.476 e. The Hall–Kier alpha value is -1.13. The van der Waals surface area contributed by atoms with Crippen molar-refractivity contribution in [1.82, 2.24) is 0 Å². The van der Waals surface area contributed by atoms with E-state index in [0.29, 0.717) is 21.5 Å². The van der Waals surface area contributed by atoms with Gasteiger partial charge < -0.3 is 15.8 Å². The highest BCUT2D eigenvalue weighted by Crippen LogP contribution is 2.45. The molecule has 1 amide bonds. The van der Waals surface area contributed by atoms with Crippen LogP contribution in [0.1, 0.15) is 13.8 Å². The summed E-state index contributed by atoms with van der Waals surface area (Å²) in [6, 6.07) is 1.48. The molecule has 1 aliphatic rings. The summed E-state index contributed by atoms with van der Waals surface area (Å²) in [7, 11) is 0. The van der Waals surface area contributed by atoms with Gasteiger partial charge in [-0.1, -0.05) is 37.0 Å². The predicted octanol–water partition coefficient (Wildman–Crippen LogP) is 2.93. The Morgan fingerprint density at radius 3 is 2.65 bits per heavy atom. The zero-order chi connectivity index (χ0) is 12.7. The molecule has 0 spiro atoms. The summed E-state index contributed by atoms with van der Waals surface area (Å²) in [6.45, 7) is 3.77. The molecule has 1 atom stereocenters. The van der Waals surface area contributed by atoms with Gasteiger partial charge in [0.1, 0.15) is 5.69 Å². The number of rotatable bonds is 1. The highest BCUT2D eigenvalue weighted by molar-refractivity contribution is 6.39. The van der Waals surface area contributed by atoms with Crippen molar-refractivity contribution < 1.29 is 9.53 Å². The molecule has 17 heavy (non-hydrogen) atoms. The first-order valence-electron chi connectivity index (χ1n) is 5.16. The van der Waals surface area contributed by atoms with Crippen LogP contribution >= 0.6 is 23.2 Å². The number of halogens is 2. The second kappa shape index (κ2) is 4.27. The molecule has 0 radical (unpaired) electrons. The number of hydrogen-bond acceptors (Lipinski definition) is 3. The monoisotopic (exact) mass is 274 g/mol. The fraction of sp³-hybridized carbons (Fsp3) is 0.364. The molecule has 0 fully saturated rings. The van der Waals surface area contributed by atoms with Crippen molar-refractivity contribution in [2.24, 2.45) is 5.92 Å². The minimum Gasteiger partial charge on any atom is -0.476 e. The maximum absolute atomic E-state index is 11.8. The molecule has 0 aromatic heterocycles. The molecule has 0 saturated heterocycles. The Balaban J connectivity index is 2.53. The van der Waals surface area contributed by atoms with Crippen molar-refractivity contribution in [3.63, 3.8) is 0 Å². The number of amides is 1. The third-order valence-electron chi connectivity index (χ3n) is 2.58. The fourth-order valence-corrected chi connectivity index (χ4v) is 2.16. The van der Waals surface area contributed by atoms with Gasteiger partial charge in [-0.15, -0.1) is 0 Å². The molecule has 1 heterocycles. The summed E-state index contributed by atoms with van der Waals surface area (Å²) < 4.78 is 5.59. The molecule has 3 N–H and O–H groups in total. The Morgan fingerprint density at radius 1 is 1.41 bits per heavy atom. The van der Waals surface area contributed by atoms with Gasteiger partial charge in [-0.05, 0) is 12.0 Å². The molecule has 0 bridgehead atoms. The maximum atomic E-state index is 11.8. The number of nitrogen functional groups attached to an aromatic ring is 1. The zero-order valence-electron chi connectivity index (χ0n) is 9.38. The lowest BCUT2D eigenvalue weighted by atomic mass is 10.0. The van der Waals surface area contributed by atoms with Gasteiger partial charge in [-0.2, -0.15) is 0 Å². The van der Waals surface area contributed by atoms with Crippen LogP contribution < -0.4 is 15.8 Å². The first-order valence-corrected chi connectivity index (χ1v) is 5.92. The number of hydrogen-bond donors (Lipinski definition) is 2. The highest BCUT2D eigenvalue weighted by Gasteiger charge is 2.33. The number of ether oxygens (including phenoxy) is 1. The predicted molar refractivity (Wildman–Crippen MR) is 68.8 cm³/mol. The van der Waals surface area contributed by atoms with E-state index in [1.54, 1.807) is 0 Å². The fourth-order valence-electron chi connectivity index (χ4n) is 1.67. The summed E-state index contributed by atoms with van der Waals surface area (Å²) in [5.74, 6) is 0.150. The van der Waals surface area contributed by atoms with Crippen molar-refractivity contribution in [3.05, 3.63) is 16.1 Å². The minimum absolute atomic E-state index is 0.0281. The Bertz CT molecular complexity index is 489. The van der Waals surface area contributed by atoms with Crippen molar-refractivity contribution >= 4 is 40.5 Å². The van der Waals surface area contributed by atoms with Gasteiger partial charge in [0, 0.05) is 0 Å². The number of carbonyl (C=O) groups excluding carboxylic acids is 1. The van der Waals surface area contributed by atoms with E-state index in [9.17, 15) is 4.79 Å². The molecule has 4 nitrogen and oxygen atoms in total. The van der Waals surface area contributed by atoms with Crippen LogP contribution in [-0.2, 0) is 4.79 Å². The lowest BCUT2D eigenvalue weighted by molar-refractivity contribution is -0.125. The minimum atomic E-state index is -0.584. The van der Waals surface area contributed by atoms with E-state index in [0.717, 1.165) is 0 Å². The molecule has 0 saturated carbocycles. The average Bonchev–Trinajstić information content (AvgIpc) is 2.25. The SMILES string of the molecule is CC(C)C1Oc2c(N)c(Cl)cc(Cl)c2NC1=O. The molecule has 1 unspecified atom stereocenters. The van der Waals surface area contributed by atoms with E-state index in [2.05, 4.69) is 5.32 Å². The molecule has 0 aliphatic carbocycles. The third-order valence-corrected chi connectivity index (χ3v) is 3.19. The van der Waals surface area contributed by atoms with E-state index in [1.807, 2.05) is 13.8 Å². The van der Waals surface area contributed by atoms with Crippen LogP contribution in [0.5, 0.6) is 5.75 Å². The van der Waals surface area contributed by atoms with Crippen molar-refractivity contribution in [2.45, 2.75) is 20.0 Å². The summed E-state index contributed by atoms with van der Waals surface area (Å²) in [4.78, 5) is 11.8. The quantitative estimate of drug-likeness (QED) is 0.774. The van der Waals surface area contributed by atoms with E-state index in [1.165, 1.54) is 6.07 Å². The lowest BCUT2D eigenvalue weighted by Gasteiger charge is -2.29. The second-order valence-corrected chi connectivity index (χ2v) is 5.04. The van der Waals surface area contributed by atoms with Crippen LogP contribution in [0.4, 0.5) is 11.4 Å². The number of carbonyl (C=O) groups is 1. The summed E-state index contributed by atoms with van der Waals surface area (Å²) in [5.41, 5.74) is 6.49. The van der Waals surface area contributed by atoms with Crippen molar-refractivity contribution in [1.29, 1.82) is 0 Å². The molecular formula is C11H12Cl2N2O2. The summed E-state index contributed by atoms with van der Waals surface area (Å²) in [6.07, 6.45) is -0.584. The summed E-state index contributed by atoms with van der Waals surface area (Å²) in [5, 5.41) is 3.32. The first-order chi connectivity index (χ1) is 7.91. The zero-order valence-corrected chi connectivity index (χ0v) is 10.9. The van der Waals surface area contributed by atoms with Crippen LogP contribution in [0, 0.1) is 5.92 Å². The van der Waals surface area contributed by atoms with Gasteiger partial charge in [-0.25, -0.2) is 0 Å². The van der Waals surface area contributed by atoms with Crippen LogP contribution in [0.2, 0.25) is 10.0 Å². The smallest absolute Gasteiger partial charge is 0.265 e. The second-order valence-electron chi connectivity index (χ2n) is 4.23. The van der Waals surface area contributed by atoms with Crippen LogP contribution in [-0.4, -0.2) is 12.0 Å². The number of benzene rings is 1. The van der Waals surface area contributed by atoms with Crippen molar-refractivity contribution in [2.75, 3.05) is 11.1 Å². The van der Waals surface area contributed by atoms with Crippen LogP contribution in [0.3, 0.4) is 0 Å². The topological polar surface area (TPSA) is 64.3 Å². The van der Waals surface area contributed by atoms with E-state index in [4.69, 9.17) is 33.7 Å². The maximum Gasteiger partial charge on any atom is 0.265 e. The van der Waals surface area contributed by atoms with Gasteiger partial charge in [0.25, 0.3) is 5.91 Å². The standard InChI is InChI=1S/C11H12Cl2N2O2/c1-4(2)9-11(16)15-8-6(13)3-5(12)7(14)10(8)17-9/h3-4,9H,14H2,1-2H3,(H,15,16). The molecular weight excluding hydrogens is 263 g/mol. The van der Waals surface area contributed by atoms with E-state index in [-0.39, 0.29) is 17.5 Å². The number of nitrogens with two attached hydrogens (primary N) is 1.